The van der Waals surface area contributed by atoms with Gasteiger partial charge in [-0.1, -0.05) is 48.5 Å². The van der Waals surface area contributed by atoms with Gasteiger partial charge in [0.25, 0.3) is 5.91 Å². The Morgan fingerprint density at radius 1 is 0.944 bits per heavy atom. The number of rotatable bonds is 9. The Morgan fingerprint density at radius 3 is 2.44 bits per heavy atom. The topological polar surface area (TPSA) is 94.8 Å². The van der Waals surface area contributed by atoms with Crippen LogP contribution in [-0.2, 0) is 11.4 Å². The Morgan fingerprint density at radius 2 is 1.69 bits per heavy atom. The molecule has 7 heteroatoms. The molecule has 0 fully saturated rings. The highest BCUT2D eigenvalue weighted by Gasteiger charge is 2.14. The van der Waals surface area contributed by atoms with Crippen LogP contribution in [0.3, 0.4) is 0 Å². The van der Waals surface area contributed by atoms with Gasteiger partial charge in [-0.05, 0) is 47.5 Å². The molecule has 0 aliphatic carbocycles. The lowest BCUT2D eigenvalue weighted by molar-refractivity contribution is -0.128. The SMILES string of the molecule is C=CCNC(=O)c1cc2ccc(OC(=O)/C=C/c3ccc(OCc4ccccc4)cc3)cc2oc1=O. The predicted molar refractivity (Wildman–Crippen MR) is 137 cm³/mol. The van der Waals surface area contributed by atoms with Gasteiger partial charge in [0, 0.05) is 24.1 Å². The Bertz CT molecular complexity index is 1470. The molecule has 4 rings (SSSR count). The summed E-state index contributed by atoms with van der Waals surface area (Å²) in [5.41, 5.74) is 1.16. The maximum Gasteiger partial charge on any atom is 0.349 e. The molecule has 180 valence electrons. The number of hydrogen-bond acceptors (Lipinski definition) is 6. The van der Waals surface area contributed by atoms with E-state index in [0.717, 1.165) is 16.9 Å². The van der Waals surface area contributed by atoms with Crippen molar-refractivity contribution in [3.05, 3.63) is 125 Å². The van der Waals surface area contributed by atoms with Crippen molar-refractivity contribution in [2.24, 2.45) is 0 Å². The van der Waals surface area contributed by atoms with Crippen LogP contribution in [0, 0.1) is 0 Å². The molecule has 0 atom stereocenters. The smallest absolute Gasteiger partial charge is 0.349 e. The first-order valence-electron chi connectivity index (χ1n) is 11.2. The van der Waals surface area contributed by atoms with Crippen LogP contribution in [0.2, 0.25) is 0 Å². The van der Waals surface area contributed by atoms with Gasteiger partial charge in [0.05, 0.1) is 0 Å². The van der Waals surface area contributed by atoms with E-state index in [9.17, 15) is 14.4 Å². The zero-order valence-corrected chi connectivity index (χ0v) is 19.3. The molecule has 3 aromatic carbocycles. The Balaban J connectivity index is 1.36. The van der Waals surface area contributed by atoms with Crippen molar-refractivity contribution in [2.45, 2.75) is 6.61 Å². The standard InChI is InChI=1S/C29H23NO6/c1-2-16-30-28(32)25-17-22-11-14-24(18-26(22)36-29(25)33)35-27(31)15-10-20-8-12-23(13-9-20)34-19-21-6-4-3-5-7-21/h2-15,17-18H,1,16,19H2,(H,30,32)/b15-10+. The van der Waals surface area contributed by atoms with Gasteiger partial charge in [-0.2, -0.15) is 0 Å². The lowest BCUT2D eigenvalue weighted by Crippen LogP contribution is -2.28. The minimum absolute atomic E-state index is 0.117. The molecule has 7 nitrogen and oxygen atoms in total. The average Bonchev–Trinajstić information content (AvgIpc) is 2.90. The van der Waals surface area contributed by atoms with E-state index in [-0.39, 0.29) is 23.4 Å². The summed E-state index contributed by atoms with van der Waals surface area (Å²) >= 11 is 0. The first kappa shape index (κ1) is 24.2. The van der Waals surface area contributed by atoms with Crippen LogP contribution in [-0.4, -0.2) is 18.4 Å². The second kappa shape index (κ2) is 11.5. The first-order chi connectivity index (χ1) is 17.5. The van der Waals surface area contributed by atoms with Crippen molar-refractivity contribution < 1.29 is 23.5 Å². The van der Waals surface area contributed by atoms with Crippen molar-refractivity contribution in [3.8, 4) is 11.5 Å². The summed E-state index contributed by atoms with van der Waals surface area (Å²) in [6, 6.07) is 23.2. The molecular formula is C29H23NO6. The Kier molecular flexibility index (Phi) is 7.73. The van der Waals surface area contributed by atoms with Crippen LogP contribution in [0.15, 0.2) is 107 Å². The van der Waals surface area contributed by atoms with Crippen molar-refractivity contribution in [3.63, 3.8) is 0 Å². The number of carbonyl (C=O) groups is 2. The number of nitrogens with one attached hydrogen (secondary N) is 1. The minimum atomic E-state index is -0.788. The van der Waals surface area contributed by atoms with Gasteiger partial charge in [0.2, 0.25) is 0 Å². The molecule has 0 saturated heterocycles. The monoisotopic (exact) mass is 481 g/mol. The number of esters is 1. The summed E-state index contributed by atoms with van der Waals surface area (Å²) in [7, 11) is 0. The normalized spacial score (nSPS) is 10.8. The van der Waals surface area contributed by atoms with Crippen LogP contribution in [0.1, 0.15) is 21.5 Å². The molecule has 0 aliphatic heterocycles. The van der Waals surface area contributed by atoms with E-state index in [2.05, 4.69) is 11.9 Å². The summed E-state index contributed by atoms with van der Waals surface area (Å²) in [6.07, 6.45) is 4.43. The minimum Gasteiger partial charge on any atom is -0.489 e. The fourth-order valence-electron chi connectivity index (χ4n) is 3.30. The highest BCUT2D eigenvalue weighted by molar-refractivity contribution is 5.97. The second-order valence-electron chi connectivity index (χ2n) is 7.74. The molecule has 0 saturated carbocycles. The fraction of sp³-hybridized carbons (Fsp3) is 0.0690. The molecule has 0 radical (unpaired) electrons. The summed E-state index contributed by atoms with van der Waals surface area (Å²) in [5, 5.41) is 3.05. The number of amides is 1. The van der Waals surface area contributed by atoms with E-state index >= 15 is 0 Å². The lowest BCUT2D eigenvalue weighted by atomic mass is 10.1. The lowest BCUT2D eigenvalue weighted by Gasteiger charge is -2.06. The number of fused-ring (bicyclic) bond motifs is 1. The number of ether oxygens (including phenoxy) is 2. The summed E-state index contributed by atoms with van der Waals surface area (Å²) in [5.74, 6) is -0.227. The molecular weight excluding hydrogens is 458 g/mol. The van der Waals surface area contributed by atoms with Gasteiger partial charge < -0.3 is 19.2 Å². The van der Waals surface area contributed by atoms with E-state index in [1.54, 1.807) is 18.2 Å². The molecule has 0 aliphatic rings. The van der Waals surface area contributed by atoms with Gasteiger partial charge >= 0.3 is 11.6 Å². The third-order valence-corrected chi connectivity index (χ3v) is 5.12. The molecule has 0 spiro atoms. The third-order valence-electron chi connectivity index (χ3n) is 5.12. The zero-order chi connectivity index (χ0) is 25.3. The number of carbonyl (C=O) groups excluding carboxylic acids is 2. The van der Waals surface area contributed by atoms with Crippen molar-refractivity contribution >= 4 is 28.9 Å². The van der Waals surface area contributed by atoms with E-state index in [1.807, 2.05) is 54.6 Å². The molecule has 0 bridgehead atoms. The predicted octanol–water partition coefficient (Wildman–Crippen LogP) is 4.91. The van der Waals surface area contributed by atoms with E-state index < -0.39 is 17.5 Å². The highest BCUT2D eigenvalue weighted by Crippen LogP contribution is 2.21. The third kappa shape index (κ3) is 6.36. The van der Waals surface area contributed by atoms with Gasteiger partial charge in [-0.3, -0.25) is 4.79 Å². The molecule has 1 amide bonds. The van der Waals surface area contributed by atoms with Crippen LogP contribution >= 0.6 is 0 Å². The maximum absolute atomic E-state index is 12.3. The maximum atomic E-state index is 12.3. The van der Waals surface area contributed by atoms with Gasteiger partial charge in [-0.25, -0.2) is 9.59 Å². The Hall–Kier alpha value is -4.91. The average molecular weight is 482 g/mol. The van der Waals surface area contributed by atoms with Gasteiger partial charge in [-0.15, -0.1) is 6.58 Å². The molecule has 0 unspecified atom stereocenters. The quantitative estimate of drug-likeness (QED) is 0.120. The van der Waals surface area contributed by atoms with Crippen LogP contribution in [0.25, 0.3) is 17.0 Å². The number of benzene rings is 3. The first-order valence-corrected chi connectivity index (χ1v) is 11.2. The molecule has 4 aromatic rings. The van der Waals surface area contributed by atoms with Gasteiger partial charge in [0.1, 0.15) is 29.3 Å². The zero-order valence-electron chi connectivity index (χ0n) is 19.3. The van der Waals surface area contributed by atoms with Gasteiger partial charge in [0.15, 0.2) is 0 Å². The fourth-order valence-corrected chi connectivity index (χ4v) is 3.30. The highest BCUT2D eigenvalue weighted by atomic mass is 16.5. The van der Waals surface area contributed by atoms with E-state index in [1.165, 1.54) is 24.3 Å². The summed E-state index contributed by atoms with van der Waals surface area (Å²) < 4.78 is 16.3. The van der Waals surface area contributed by atoms with Crippen LogP contribution in [0.4, 0.5) is 0 Å². The molecule has 1 N–H and O–H groups in total. The molecule has 1 aromatic heterocycles. The Labute approximate surface area is 207 Å². The van der Waals surface area contributed by atoms with E-state index in [0.29, 0.717) is 12.0 Å². The van der Waals surface area contributed by atoms with Crippen molar-refractivity contribution in [2.75, 3.05) is 6.54 Å². The molecule has 1 heterocycles. The molecule has 36 heavy (non-hydrogen) atoms. The number of hydrogen-bond donors (Lipinski definition) is 1. The summed E-state index contributed by atoms with van der Waals surface area (Å²) in [6.45, 7) is 4.21. The second-order valence-corrected chi connectivity index (χ2v) is 7.74. The van der Waals surface area contributed by atoms with Crippen molar-refractivity contribution in [1.29, 1.82) is 0 Å². The van der Waals surface area contributed by atoms with Crippen LogP contribution < -0.4 is 20.4 Å². The largest absolute Gasteiger partial charge is 0.489 e. The van der Waals surface area contributed by atoms with E-state index in [4.69, 9.17) is 13.9 Å². The van der Waals surface area contributed by atoms with Crippen molar-refractivity contribution in [1.82, 2.24) is 5.32 Å². The van der Waals surface area contributed by atoms with Crippen LogP contribution in [0.5, 0.6) is 11.5 Å². The summed E-state index contributed by atoms with van der Waals surface area (Å²) in [4.78, 5) is 36.5.